The minimum absolute atomic E-state index is 0.0709. The van der Waals surface area contributed by atoms with Crippen molar-refractivity contribution in [3.63, 3.8) is 0 Å². The fraction of sp³-hybridized carbons (Fsp3) is 0.440. The molecule has 2 aliphatic heterocycles. The van der Waals surface area contributed by atoms with E-state index in [1.165, 1.54) is 12.8 Å². The Hall–Kier alpha value is -1.88. The Balaban J connectivity index is 1.42. The Morgan fingerprint density at radius 3 is 2.26 bits per heavy atom. The van der Waals surface area contributed by atoms with Crippen LogP contribution in [0.4, 0.5) is 10.5 Å². The fourth-order valence-electron chi connectivity index (χ4n) is 4.66. The maximum atomic E-state index is 13.6. The molecule has 1 atom stereocenters. The van der Waals surface area contributed by atoms with Crippen molar-refractivity contribution in [1.29, 1.82) is 0 Å². The normalized spacial score (nSPS) is 19.0. The number of hydrogen-bond acceptors (Lipinski definition) is 4. The number of urea groups is 1. The predicted molar refractivity (Wildman–Crippen MR) is 144 cm³/mol. The quantitative estimate of drug-likeness (QED) is 0.512. The molecular weight excluding hydrogens is 565 g/mol. The highest BCUT2D eigenvalue weighted by atomic mass is 127. The number of halogens is 2. The summed E-state index contributed by atoms with van der Waals surface area (Å²) in [5, 5.41) is 6.32. The molecule has 182 valence electrons. The maximum Gasteiger partial charge on any atom is 0.320 e. The van der Waals surface area contributed by atoms with Crippen LogP contribution in [-0.4, -0.2) is 79.0 Å². The van der Waals surface area contributed by atoms with Crippen LogP contribution in [0.15, 0.2) is 48.5 Å². The summed E-state index contributed by atoms with van der Waals surface area (Å²) in [6.45, 7) is 5.35. The Morgan fingerprint density at radius 2 is 1.62 bits per heavy atom. The van der Waals surface area contributed by atoms with E-state index in [2.05, 4.69) is 50.1 Å². The molecule has 0 spiro atoms. The van der Waals surface area contributed by atoms with Gasteiger partial charge in [0.2, 0.25) is 5.91 Å². The van der Waals surface area contributed by atoms with Gasteiger partial charge in [-0.25, -0.2) is 4.79 Å². The van der Waals surface area contributed by atoms with Crippen LogP contribution in [-0.2, 0) is 4.79 Å². The van der Waals surface area contributed by atoms with Gasteiger partial charge in [0.25, 0.3) is 0 Å². The number of nitrogens with one attached hydrogen (secondary N) is 2. The summed E-state index contributed by atoms with van der Waals surface area (Å²) in [5.41, 5.74) is 1.42. The number of anilines is 1. The molecule has 0 bridgehead atoms. The number of carbonyl (C=O) groups excluding carboxylic acids is 2. The van der Waals surface area contributed by atoms with E-state index in [0.717, 1.165) is 35.3 Å². The van der Waals surface area contributed by atoms with Crippen LogP contribution >= 0.6 is 34.2 Å². The number of nitrogens with zero attached hydrogens (tertiary/aromatic N) is 3. The van der Waals surface area contributed by atoms with Gasteiger partial charge in [0.1, 0.15) is 6.04 Å². The lowest BCUT2D eigenvalue weighted by Gasteiger charge is -2.42. The Bertz CT molecular complexity index is 989. The van der Waals surface area contributed by atoms with E-state index >= 15 is 0 Å². The lowest BCUT2D eigenvalue weighted by atomic mass is 10.0. The molecule has 4 rings (SSSR count). The largest absolute Gasteiger partial charge is 0.338 e. The van der Waals surface area contributed by atoms with Crippen molar-refractivity contribution in [1.82, 2.24) is 20.0 Å². The lowest BCUT2D eigenvalue weighted by Crippen LogP contribution is -2.56. The van der Waals surface area contributed by atoms with Crippen molar-refractivity contribution < 1.29 is 9.59 Å². The number of benzene rings is 2. The summed E-state index contributed by atoms with van der Waals surface area (Å²) < 4.78 is 0.940. The fourth-order valence-corrected chi connectivity index (χ4v) is 5.49. The number of likely N-dealkylation sites (tertiary alicyclic amines) is 1. The van der Waals surface area contributed by atoms with Crippen LogP contribution in [0, 0.1) is 3.57 Å². The molecule has 0 radical (unpaired) electrons. The van der Waals surface area contributed by atoms with Gasteiger partial charge in [-0.05, 0) is 91.5 Å². The average Bonchev–Trinajstić information content (AvgIpc) is 2.85. The number of hydrogen-bond donors (Lipinski definition) is 2. The zero-order valence-corrected chi connectivity index (χ0v) is 22.3. The second kappa shape index (κ2) is 11.7. The molecule has 0 aromatic heterocycles. The van der Waals surface area contributed by atoms with Gasteiger partial charge in [-0.3, -0.25) is 9.69 Å². The van der Waals surface area contributed by atoms with Crippen LogP contribution in [0.1, 0.15) is 24.4 Å². The van der Waals surface area contributed by atoms with E-state index in [1.807, 2.05) is 29.2 Å². The zero-order chi connectivity index (χ0) is 24.1. The van der Waals surface area contributed by atoms with Crippen LogP contribution in [0.25, 0.3) is 0 Å². The monoisotopic (exact) mass is 595 g/mol. The molecule has 2 aliphatic rings. The minimum atomic E-state index is -0.754. The molecule has 2 N–H and O–H groups in total. The van der Waals surface area contributed by atoms with E-state index in [9.17, 15) is 9.59 Å². The first-order valence-electron chi connectivity index (χ1n) is 11.7. The van der Waals surface area contributed by atoms with Gasteiger partial charge in [-0.2, -0.15) is 0 Å². The molecule has 1 unspecified atom stereocenters. The second-order valence-corrected chi connectivity index (χ2v) is 10.6. The van der Waals surface area contributed by atoms with Gasteiger partial charge in [0.05, 0.1) is 0 Å². The Labute approximate surface area is 219 Å². The number of carbonyl (C=O) groups is 2. The second-order valence-electron chi connectivity index (χ2n) is 8.96. The predicted octanol–water partition coefficient (Wildman–Crippen LogP) is 4.05. The van der Waals surface area contributed by atoms with Crippen molar-refractivity contribution in [2.24, 2.45) is 0 Å². The summed E-state index contributed by atoms with van der Waals surface area (Å²) in [5.74, 6) is -0.0709. The molecule has 2 aromatic rings. The molecule has 2 saturated heterocycles. The molecule has 34 heavy (non-hydrogen) atoms. The van der Waals surface area contributed by atoms with E-state index in [4.69, 9.17) is 11.6 Å². The highest BCUT2D eigenvalue weighted by Crippen LogP contribution is 2.24. The molecule has 0 saturated carbocycles. The van der Waals surface area contributed by atoms with Crippen LogP contribution in [0.3, 0.4) is 0 Å². The maximum absolute atomic E-state index is 13.6. The van der Waals surface area contributed by atoms with Gasteiger partial charge in [-0.15, -0.1) is 0 Å². The molecular formula is C25H31ClIN5O2. The SMILES string of the molecule is CN1CCC(N2CCN(C(=O)C(NC(=O)Nc3ccc(Cl)cc3)c3ccccc3I)CC2)CC1. The third kappa shape index (κ3) is 6.41. The highest BCUT2D eigenvalue weighted by molar-refractivity contribution is 14.1. The molecule has 9 heteroatoms. The average molecular weight is 596 g/mol. The molecule has 2 heterocycles. The molecule has 7 nitrogen and oxygen atoms in total. The number of piperidine rings is 1. The Morgan fingerprint density at radius 1 is 0.971 bits per heavy atom. The minimum Gasteiger partial charge on any atom is -0.338 e. The van der Waals surface area contributed by atoms with Gasteiger partial charge in [-0.1, -0.05) is 29.8 Å². The van der Waals surface area contributed by atoms with E-state index in [-0.39, 0.29) is 5.91 Å². The third-order valence-electron chi connectivity index (χ3n) is 6.67. The summed E-state index contributed by atoms with van der Waals surface area (Å²) in [4.78, 5) is 33.3. The summed E-state index contributed by atoms with van der Waals surface area (Å²) in [6.07, 6.45) is 2.36. The van der Waals surface area contributed by atoms with Crippen molar-refractivity contribution in [3.05, 3.63) is 62.7 Å². The molecule has 0 aliphatic carbocycles. The van der Waals surface area contributed by atoms with Crippen molar-refractivity contribution in [3.8, 4) is 0 Å². The lowest BCUT2D eigenvalue weighted by molar-refractivity contribution is -0.135. The first-order chi connectivity index (χ1) is 16.4. The summed E-state index contributed by atoms with van der Waals surface area (Å²) in [6, 6.07) is 14.0. The van der Waals surface area contributed by atoms with E-state index in [0.29, 0.717) is 29.8 Å². The highest BCUT2D eigenvalue weighted by Gasteiger charge is 2.33. The first-order valence-corrected chi connectivity index (χ1v) is 13.2. The van der Waals surface area contributed by atoms with Crippen molar-refractivity contribution in [2.45, 2.75) is 24.9 Å². The zero-order valence-electron chi connectivity index (χ0n) is 19.3. The van der Waals surface area contributed by atoms with E-state index < -0.39 is 12.1 Å². The van der Waals surface area contributed by atoms with Gasteiger partial charge in [0.15, 0.2) is 0 Å². The molecule has 2 fully saturated rings. The van der Waals surface area contributed by atoms with Crippen LogP contribution in [0.2, 0.25) is 5.02 Å². The summed E-state index contributed by atoms with van der Waals surface area (Å²) >= 11 is 8.16. The van der Waals surface area contributed by atoms with Crippen molar-refractivity contribution >= 4 is 51.8 Å². The standard InChI is InChI=1S/C25H31ClIN5O2/c1-30-12-10-20(11-13-30)31-14-16-32(17-15-31)24(33)23(21-4-2-3-5-22(21)27)29-25(34)28-19-8-6-18(26)7-9-19/h2-9,20,23H,10-17H2,1H3,(H2,28,29,34). The van der Waals surface area contributed by atoms with Gasteiger partial charge >= 0.3 is 6.03 Å². The van der Waals surface area contributed by atoms with Crippen LogP contribution in [0.5, 0.6) is 0 Å². The first kappa shape index (κ1) is 25.2. The summed E-state index contributed by atoms with van der Waals surface area (Å²) in [7, 11) is 2.17. The van der Waals surface area contributed by atoms with Gasteiger partial charge < -0.3 is 20.4 Å². The number of rotatable bonds is 5. The smallest absolute Gasteiger partial charge is 0.320 e. The topological polar surface area (TPSA) is 67.9 Å². The van der Waals surface area contributed by atoms with Gasteiger partial charge in [0, 0.05) is 46.5 Å². The molecule has 3 amide bonds. The van der Waals surface area contributed by atoms with Crippen molar-refractivity contribution in [2.75, 3.05) is 51.6 Å². The van der Waals surface area contributed by atoms with Crippen LogP contribution < -0.4 is 10.6 Å². The van der Waals surface area contributed by atoms with E-state index in [1.54, 1.807) is 24.3 Å². The molecule has 2 aromatic carbocycles. The number of piperazine rings is 1. The third-order valence-corrected chi connectivity index (χ3v) is 7.91. The number of amides is 3. The Kier molecular flexibility index (Phi) is 8.68.